The Morgan fingerprint density at radius 3 is 2.85 bits per heavy atom. The summed E-state index contributed by atoms with van der Waals surface area (Å²) in [5.41, 5.74) is 1.34. The number of carbonyl (C=O) groups excluding carboxylic acids is 1. The molecule has 3 aliphatic rings. The van der Waals surface area contributed by atoms with Crippen molar-refractivity contribution >= 4 is 5.78 Å². The fourth-order valence-corrected chi connectivity index (χ4v) is 4.10. The van der Waals surface area contributed by atoms with Crippen LogP contribution in [0.15, 0.2) is 12.5 Å². The van der Waals surface area contributed by atoms with Crippen molar-refractivity contribution in [1.82, 2.24) is 14.5 Å². The highest BCUT2D eigenvalue weighted by Crippen LogP contribution is 2.37. The minimum absolute atomic E-state index is 0.315. The molecule has 0 N–H and O–H groups in total. The molecule has 4 rings (SSSR count). The van der Waals surface area contributed by atoms with Crippen molar-refractivity contribution in [1.29, 1.82) is 0 Å². The molecule has 2 atom stereocenters. The van der Waals surface area contributed by atoms with Crippen molar-refractivity contribution in [2.75, 3.05) is 6.54 Å². The van der Waals surface area contributed by atoms with Gasteiger partial charge in [0.15, 0.2) is 0 Å². The van der Waals surface area contributed by atoms with Gasteiger partial charge in [0.25, 0.3) is 0 Å². The summed E-state index contributed by atoms with van der Waals surface area (Å²) in [6, 6.07) is 1.19. The molecule has 0 spiro atoms. The summed E-state index contributed by atoms with van der Waals surface area (Å²) in [7, 11) is 0. The number of hydrogen-bond donors (Lipinski definition) is 0. The van der Waals surface area contributed by atoms with Gasteiger partial charge in [-0.1, -0.05) is 0 Å². The maximum absolute atomic E-state index is 12.1. The zero-order chi connectivity index (χ0) is 13.5. The van der Waals surface area contributed by atoms with E-state index in [0.29, 0.717) is 23.8 Å². The van der Waals surface area contributed by atoms with Gasteiger partial charge in [0, 0.05) is 37.2 Å². The van der Waals surface area contributed by atoms with Gasteiger partial charge in [-0.2, -0.15) is 0 Å². The van der Waals surface area contributed by atoms with E-state index in [2.05, 4.69) is 14.5 Å². The molecule has 2 aliphatic carbocycles. The highest BCUT2D eigenvalue weighted by Gasteiger charge is 2.38. The molecule has 0 radical (unpaired) electrons. The second-order valence-corrected chi connectivity index (χ2v) is 6.67. The number of aromatic nitrogens is 2. The lowest BCUT2D eigenvalue weighted by Gasteiger charge is -2.28. The molecule has 2 heterocycles. The fraction of sp³-hybridized carbons (Fsp3) is 0.750. The van der Waals surface area contributed by atoms with E-state index in [-0.39, 0.29) is 0 Å². The van der Waals surface area contributed by atoms with Crippen LogP contribution in [0.1, 0.15) is 56.7 Å². The quantitative estimate of drug-likeness (QED) is 0.846. The van der Waals surface area contributed by atoms with Gasteiger partial charge in [-0.05, 0) is 45.1 Å². The van der Waals surface area contributed by atoms with Crippen molar-refractivity contribution in [3.63, 3.8) is 0 Å². The van der Waals surface area contributed by atoms with Crippen molar-refractivity contribution in [2.45, 2.75) is 63.6 Å². The van der Waals surface area contributed by atoms with Crippen LogP contribution in [0.5, 0.6) is 0 Å². The molecule has 20 heavy (non-hydrogen) atoms. The summed E-state index contributed by atoms with van der Waals surface area (Å²) < 4.78 is 2.35. The lowest BCUT2D eigenvalue weighted by atomic mass is 9.95. The smallest absolute Gasteiger partial charge is 0.137 e. The van der Waals surface area contributed by atoms with Crippen LogP contribution in [-0.2, 0) is 11.3 Å². The first-order valence-corrected chi connectivity index (χ1v) is 8.10. The molecule has 0 aromatic carbocycles. The van der Waals surface area contributed by atoms with Crippen LogP contribution in [0.3, 0.4) is 0 Å². The van der Waals surface area contributed by atoms with E-state index in [1.807, 2.05) is 12.5 Å². The average Bonchev–Trinajstić information content (AvgIpc) is 2.86. The van der Waals surface area contributed by atoms with Crippen LogP contribution in [0.25, 0.3) is 0 Å². The Hall–Kier alpha value is -1.16. The van der Waals surface area contributed by atoms with Crippen molar-refractivity contribution in [3.8, 4) is 0 Å². The van der Waals surface area contributed by atoms with Crippen LogP contribution >= 0.6 is 0 Å². The lowest BCUT2D eigenvalue weighted by molar-refractivity contribution is -0.122. The third-order valence-corrected chi connectivity index (χ3v) is 5.28. The van der Waals surface area contributed by atoms with E-state index < -0.39 is 0 Å². The minimum atomic E-state index is 0.315. The normalized spacial score (nSPS) is 31.3. The number of Topliss-reactive ketones (excluding diaryl/α,β-unsaturated/α-hetero) is 1. The highest BCUT2D eigenvalue weighted by molar-refractivity contribution is 5.83. The molecular weight excluding hydrogens is 250 g/mol. The molecule has 1 aromatic rings. The van der Waals surface area contributed by atoms with Gasteiger partial charge in [0.2, 0.25) is 0 Å². The zero-order valence-corrected chi connectivity index (χ0v) is 12.0. The number of imidazole rings is 1. The van der Waals surface area contributed by atoms with E-state index in [0.717, 1.165) is 32.4 Å². The summed E-state index contributed by atoms with van der Waals surface area (Å²) in [4.78, 5) is 18.9. The monoisotopic (exact) mass is 273 g/mol. The third kappa shape index (κ3) is 2.20. The van der Waals surface area contributed by atoms with Crippen molar-refractivity contribution < 1.29 is 4.79 Å². The summed E-state index contributed by atoms with van der Waals surface area (Å²) in [5, 5.41) is 0. The SMILES string of the molecule is O=C1CCCC1C1CCCN1Cc1cncn1C1CC1. The van der Waals surface area contributed by atoms with E-state index in [1.54, 1.807) is 0 Å². The van der Waals surface area contributed by atoms with Crippen LogP contribution < -0.4 is 0 Å². The van der Waals surface area contributed by atoms with Crippen LogP contribution in [0.2, 0.25) is 0 Å². The van der Waals surface area contributed by atoms with E-state index in [4.69, 9.17) is 0 Å². The molecule has 4 heteroatoms. The second-order valence-electron chi connectivity index (χ2n) is 6.67. The summed E-state index contributed by atoms with van der Waals surface area (Å²) >= 11 is 0. The standard InChI is InChI=1S/C16H23N3O/c20-16-5-1-3-14(16)15-4-2-8-18(15)10-13-9-17-11-19(13)12-6-7-12/h9,11-12,14-15H,1-8,10H2. The number of hydrogen-bond acceptors (Lipinski definition) is 3. The molecule has 0 amide bonds. The molecule has 108 valence electrons. The Labute approximate surface area is 120 Å². The van der Waals surface area contributed by atoms with Gasteiger partial charge in [-0.25, -0.2) is 4.98 Å². The first-order valence-electron chi connectivity index (χ1n) is 8.10. The van der Waals surface area contributed by atoms with Crippen LogP contribution in [0, 0.1) is 5.92 Å². The van der Waals surface area contributed by atoms with Gasteiger partial charge >= 0.3 is 0 Å². The predicted molar refractivity (Wildman–Crippen MR) is 76.3 cm³/mol. The molecule has 1 aromatic heterocycles. The Morgan fingerprint density at radius 2 is 2.10 bits per heavy atom. The minimum Gasteiger partial charge on any atom is -0.330 e. The van der Waals surface area contributed by atoms with Crippen LogP contribution in [0.4, 0.5) is 0 Å². The number of rotatable bonds is 4. The van der Waals surface area contributed by atoms with Gasteiger partial charge < -0.3 is 4.57 Å². The number of nitrogens with zero attached hydrogens (tertiary/aromatic N) is 3. The Kier molecular flexibility index (Phi) is 3.14. The highest BCUT2D eigenvalue weighted by atomic mass is 16.1. The Bertz CT molecular complexity index is 506. The molecule has 1 aliphatic heterocycles. The van der Waals surface area contributed by atoms with E-state index >= 15 is 0 Å². The summed E-state index contributed by atoms with van der Waals surface area (Å²) in [6.07, 6.45) is 12.1. The fourth-order valence-electron chi connectivity index (χ4n) is 4.10. The average molecular weight is 273 g/mol. The predicted octanol–water partition coefficient (Wildman–Crippen LogP) is 2.55. The van der Waals surface area contributed by atoms with Gasteiger partial charge in [0.05, 0.1) is 12.0 Å². The molecular formula is C16H23N3O. The van der Waals surface area contributed by atoms with Crippen molar-refractivity contribution in [2.24, 2.45) is 5.92 Å². The first kappa shape index (κ1) is 12.6. The van der Waals surface area contributed by atoms with Gasteiger partial charge in [-0.3, -0.25) is 9.69 Å². The Balaban J connectivity index is 1.49. The number of carbonyl (C=O) groups is 1. The number of ketones is 1. The number of likely N-dealkylation sites (tertiary alicyclic amines) is 1. The molecule has 0 bridgehead atoms. The van der Waals surface area contributed by atoms with E-state index in [9.17, 15) is 4.79 Å². The lowest BCUT2D eigenvalue weighted by Crippen LogP contribution is -2.37. The zero-order valence-electron chi connectivity index (χ0n) is 12.0. The molecule has 2 saturated carbocycles. The van der Waals surface area contributed by atoms with Crippen molar-refractivity contribution in [3.05, 3.63) is 18.2 Å². The van der Waals surface area contributed by atoms with E-state index in [1.165, 1.54) is 31.4 Å². The van der Waals surface area contributed by atoms with Gasteiger partial charge in [0.1, 0.15) is 5.78 Å². The maximum atomic E-state index is 12.1. The third-order valence-electron chi connectivity index (χ3n) is 5.28. The molecule has 1 saturated heterocycles. The Morgan fingerprint density at radius 1 is 1.20 bits per heavy atom. The molecule has 4 nitrogen and oxygen atoms in total. The molecule has 3 fully saturated rings. The maximum Gasteiger partial charge on any atom is 0.137 e. The molecule has 2 unspecified atom stereocenters. The van der Waals surface area contributed by atoms with Crippen LogP contribution in [-0.4, -0.2) is 32.8 Å². The summed E-state index contributed by atoms with van der Waals surface area (Å²) in [5.74, 6) is 0.826. The first-order chi connectivity index (χ1) is 9.83. The van der Waals surface area contributed by atoms with Gasteiger partial charge in [-0.15, -0.1) is 0 Å². The topological polar surface area (TPSA) is 38.1 Å². The summed E-state index contributed by atoms with van der Waals surface area (Å²) in [6.45, 7) is 2.12. The largest absolute Gasteiger partial charge is 0.330 e. The second kappa shape index (κ2) is 4.99.